The molecule has 0 fully saturated rings. The van der Waals surface area contributed by atoms with E-state index in [1.54, 1.807) is 12.1 Å². The third-order valence-electron chi connectivity index (χ3n) is 3.07. The number of rotatable bonds is 6. The first-order valence-corrected chi connectivity index (χ1v) is 7.43. The maximum absolute atomic E-state index is 13.9. The smallest absolute Gasteiger partial charge is 0.322 e. The Balaban J connectivity index is 2.84. The molecule has 0 aliphatic rings. The van der Waals surface area contributed by atoms with Crippen LogP contribution in [0.4, 0.5) is 4.39 Å². The number of halogens is 2. The molecule has 1 rings (SSSR count). The lowest BCUT2D eigenvalue weighted by Crippen LogP contribution is -2.40. The van der Waals surface area contributed by atoms with Crippen LogP contribution in [0, 0.1) is 11.7 Å². The van der Waals surface area contributed by atoms with Gasteiger partial charge in [0.2, 0.25) is 0 Å². The van der Waals surface area contributed by atoms with E-state index >= 15 is 0 Å². The summed E-state index contributed by atoms with van der Waals surface area (Å²) in [4.78, 5) is 11.8. The minimum Gasteiger partial charge on any atom is -0.468 e. The van der Waals surface area contributed by atoms with E-state index in [0.29, 0.717) is 22.4 Å². The van der Waals surface area contributed by atoms with Crippen LogP contribution in [-0.2, 0) is 9.53 Å². The fraction of sp³-hybridized carbons (Fsp3) is 0.533. The zero-order valence-electron chi connectivity index (χ0n) is 12.2. The first-order valence-electron chi connectivity index (χ1n) is 6.64. The van der Waals surface area contributed by atoms with Crippen molar-refractivity contribution in [3.05, 3.63) is 34.1 Å². The molecule has 1 aromatic carbocycles. The van der Waals surface area contributed by atoms with Crippen LogP contribution in [0.3, 0.4) is 0 Å². The van der Waals surface area contributed by atoms with E-state index in [-0.39, 0.29) is 17.8 Å². The molecule has 0 aliphatic heterocycles. The van der Waals surface area contributed by atoms with Gasteiger partial charge < -0.3 is 4.74 Å². The predicted molar refractivity (Wildman–Crippen MR) is 80.9 cm³/mol. The summed E-state index contributed by atoms with van der Waals surface area (Å²) in [5.74, 6) is -0.274. The highest BCUT2D eigenvalue weighted by Crippen LogP contribution is 2.22. The van der Waals surface area contributed by atoms with Gasteiger partial charge in [0.25, 0.3) is 0 Å². The summed E-state index contributed by atoms with van der Waals surface area (Å²) in [6.45, 7) is 5.90. The van der Waals surface area contributed by atoms with Crippen molar-refractivity contribution in [1.82, 2.24) is 5.32 Å². The number of hydrogen-bond acceptors (Lipinski definition) is 3. The molecule has 2 atom stereocenters. The SMILES string of the molecule is COC(=O)C(CC(C)C)NC(C)c1ccc(Br)cc1F. The summed E-state index contributed by atoms with van der Waals surface area (Å²) in [6.07, 6.45) is 0.648. The molecule has 112 valence electrons. The average Bonchev–Trinajstić information content (AvgIpc) is 2.36. The van der Waals surface area contributed by atoms with Crippen molar-refractivity contribution in [3.63, 3.8) is 0 Å². The van der Waals surface area contributed by atoms with Crippen LogP contribution in [0.15, 0.2) is 22.7 Å². The molecule has 20 heavy (non-hydrogen) atoms. The molecule has 2 unspecified atom stereocenters. The van der Waals surface area contributed by atoms with Crippen LogP contribution in [0.1, 0.15) is 38.8 Å². The first-order chi connectivity index (χ1) is 9.35. The van der Waals surface area contributed by atoms with Crippen LogP contribution in [0.5, 0.6) is 0 Å². The Morgan fingerprint density at radius 2 is 2.05 bits per heavy atom. The van der Waals surface area contributed by atoms with E-state index < -0.39 is 6.04 Å². The van der Waals surface area contributed by atoms with Crippen molar-refractivity contribution >= 4 is 21.9 Å². The number of carbonyl (C=O) groups excluding carboxylic acids is 1. The number of esters is 1. The lowest BCUT2D eigenvalue weighted by Gasteiger charge is -2.23. The van der Waals surface area contributed by atoms with Gasteiger partial charge in [-0.3, -0.25) is 10.1 Å². The molecule has 0 aliphatic carbocycles. The number of hydrogen-bond donors (Lipinski definition) is 1. The molecule has 3 nitrogen and oxygen atoms in total. The van der Waals surface area contributed by atoms with E-state index in [4.69, 9.17) is 4.74 Å². The van der Waals surface area contributed by atoms with Crippen LogP contribution >= 0.6 is 15.9 Å². The maximum atomic E-state index is 13.9. The second-order valence-electron chi connectivity index (χ2n) is 5.26. The second kappa shape index (κ2) is 7.74. The minimum atomic E-state index is -0.432. The van der Waals surface area contributed by atoms with Crippen LogP contribution in [0.2, 0.25) is 0 Å². The molecule has 1 aromatic rings. The standard InChI is InChI=1S/C15H21BrFNO2/c1-9(2)7-14(15(19)20-4)18-10(3)12-6-5-11(16)8-13(12)17/h5-6,8-10,14,18H,7H2,1-4H3. The van der Waals surface area contributed by atoms with Crippen molar-refractivity contribution in [2.45, 2.75) is 39.3 Å². The molecular weight excluding hydrogens is 325 g/mol. The normalized spacial score (nSPS) is 14.2. The molecule has 0 radical (unpaired) electrons. The Kier molecular flexibility index (Phi) is 6.62. The summed E-state index contributed by atoms with van der Waals surface area (Å²) in [5, 5.41) is 3.15. The molecule has 1 N–H and O–H groups in total. The molecule has 0 amide bonds. The largest absolute Gasteiger partial charge is 0.468 e. The van der Waals surface area contributed by atoms with Crippen LogP contribution in [-0.4, -0.2) is 19.1 Å². The molecule has 5 heteroatoms. The van der Waals surface area contributed by atoms with Crippen molar-refractivity contribution in [1.29, 1.82) is 0 Å². The zero-order valence-corrected chi connectivity index (χ0v) is 13.8. The maximum Gasteiger partial charge on any atom is 0.322 e. The Bertz CT molecular complexity index is 465. The monoisotopic (exact) mass is 345 g/mol. The third-order valence-corrected chi connectivity index (χ3v) is 3.57. The van der Waals surface area contributed by atoms with E-state index in [1.807, 2.05) is 20.8 Å². The van der Waals surface area contributed by atoms with Crippen molar-refractivity contribution in [2.75, 3.05) is 7.11 Å². The van der Waals surface area contributed by atoms with Gasteiger partial charge >= 0.3 is 5.97 Å². The summed E-state index contributed by atoms with van der Waals surface area (Å²) < 4.78 is 19.4. The number of benzene rings is 1. The van der Waals surface area contributed by atoms with Gasteiger partial charge in [0.15, 0.2) is 0 Å². The number of ether oxygens (including phenoxy) is 1. The summed E-state index contributed by atoms with van der Waals surface area (Å²) in [5.41, 5.74) is 0.533. The summed E-state index contributed by atoms with van der Waals surface area (Å²) in [7, 11) is 1.36. The first kappa shape index (κ1) is 17.1. The van der Waals surface area contributed by atoms with Gasteiger partial charge in [0, 0.05) is 16.1 Å². The van der Waals surface area contributed by atoms with Gasteiger partial charge in [-0.05, 0) is 31.4 Å². The molecule has 0 spiro atoms. The lowest BCUT2D eigenvalue weighted by atomic mass is 10.0. The van der Waals surface area contributed by atoms with Crippen LogP contribution < -0.4 is 5.32 Å². The molecular formula is C15H21BrFNO2. The van der Waals surface area contributed by atoms with Crippen molar-refractivity contribution in [2.24, 2.45) is 5.92 Å². The van der Waals surface area contributed by atoms with E-state index in [2.05, 4.69) is 21.2 Å². The Morgan fingerprint density at radius 3 is 2.55 bits per heavy atom. The molecule has 0 heterocycles. The quantitative estimate of drug-likeness (QED) is 0.796. The second-order valence-corrected chi connectivity index (χ2v) is 6.18. The molecule has 0 saturated carbocycles. The van der Waals surface area contributed by atoms with Crippen molar-refractivity contribution in [3.8, 4) is 0 Å². The predicted octanol–water partition coefficient (Wildman–Crippen LogP) is 3.83. The molecule has 0 aromatic heterocycles. The third kappa shape index (κ3) is 4.87. The Labute approximate surface area is 128 Å². The molecule has 0 bridgehead atoms. The average molecular weight is 346 g/mol. The Hall–Kier alpha value is -0.940. The minimum absolute atomic E-state index is 0.272. The summed E-state index contributed by atoms with van der Waals surface area (Å²) in [6, 6.07) is 4.21. The number of methoxy groups -OCH3 is 1. The fourth-order valence-electron chi connectivity index (χ4n) is 2.09. The van der Waals surface area contributed by atoms with E-state index in [0.717, 1.165) is 0 Å². The van der Waals surface area contributed by atoms with Gasteiger partial charge in [0.05, 0.1) is 7.11 Å². The molecule has 0 saturated heterocycles. The Morgan fingerprint density at radius 1 is 1.40 bits per heavy atom. The highest BCUT2D eigenvalue weighted by molar-refractivity contribution is 9.10. The number of carbonyl (C=O) groups is 1. The zero-order chi connectivity index (χ0) is 15.3. The van der Waals surface area contributed by atoms with Gasteiger partial charge in [-0.2, -0.15) is 0 Å². The van der Waals surface area contributed by atoms with E-state index in [9.17, 15) is 9.18 Å². The summed E-state index contributed by atoms with van der Waals surface area (Å²) >= 11 is 3.23. The van der Waals surface area contributed by atoms with Gasteiger partial charge in [-0.15, -0.1) is 0 Å². The van der Waals surface area contributed by atoms with Crippen LogP contribution in [0.25, 0.3) is 0 Å². The van der Waals surface area contributed by atoms with E-state index in [1.165, 1.54) is 13.2 Å². The highest BCUT2D eigenvalue weighted by Gasteiger charge is 2.23. The fourth-order valence-corrected chi connectivity index (χ4v) is 2.42. The van der Waals surface area contributed by atoms with Gasteiger partial charge in [-0.1, -0.05) is 35.8 Å². The number of nitrogens with one attached hydrogen (secondary N) is 1. The topological polar surface area (TPSA) is 38.3 Å². The van der Waals surface area contributed by atoms with Gasteiger partial charge in [-0.25, -0.2) is 4.39 Å². The van der Waals surface area contributed by atoms with Crippen molar-refractivity contribution < 1.29 is 13.9 Å². The highest BCUT2D eigenvalue weighted by atomic mass is 79.9. The lowest BCUT2D eigenvalue weighted by molar-refractivity contribution is -0.143. The van der Waals surface area contributed by atoms with Gasteiger partial charge in [0.1, 0.15) is 11.9 Å².